The van der Waals surface area contributed by atoms with Gasteiger partial charge in [-0.3, -0.25) is 15.0 Å². The number of carbonyl (C=O) groups is 1. The lowest BCUT2D eigenvalue weighted by Crippen LogP contribution is -2.46. The standard InChI is InChI=1S/C15H25N5O3S.2ClH/c1-11(22-2)14-17-13(23-18-14)8-19-4-3-5-20(7-6-19)15(21)12-9-24-10-16-12;;/h11-12,16H,3-10H2,1-2H3;2*1H. The number of nitrogens with one attached hydrogen (secondary N) is 1. The van der Waals surface area contributed by atoms with Crippen LogP contribution in [-0.2, 0) is 16.1 Å². The van der Waals surface area contributed by atoms with E-state index in [9.17, 15) is 4.79 Å². The third kappa shape index (κ3) is 5.97. The Morgan fingerprint density at radius 2 is 2.19 bits per heavy atom. The second-order valence-corrected chi connectivity index (χ2v) is 7.18. The van der Waals surface area contributed by atoms with Crippen LogP contribution in [0, 0.1) is 0 Å². The number of hydrogen-bond donors (Lipinski definition) is 1. The average Bonchev–Trinajstić information content (AvgIpc) is 3.23. The van der Waals surface area contributed by atoms with E-state index < -0.39 is 0 Å². The molecule has 0 bridgehead atoms. The van der Waals surface area contributed by atoms with Gasteiger partial charge in [0.05, 0.1) is 12.6 Å². The van der Waals surface area contributed by atoms with E-state index >= 15 is 0 Å². The largest absolute Gasteiger partial charge is 0.374 e. The first-order valence-electron chi connectivity index (χ1n) is 8.35. The summed E-state index contributed by atoms with van der Waals surface area (Å²) in [7, 11) is 1.62. The number of halogens is 2. The fourth-order valence-corrected chi connectivity index (χ4v) is 3.85. The van der Waals surface area contributed by atoms with E-state index in [4.69, 9.17) is 9.26 Å². The number of amides is 1. The maximum atomic E-state index is 12.5. The summed E-state index contributed by atoms with van der Waals surface area (Å²) in [4.78, 5) is 21.1. The maximum absolute atomic E-state index is 12.5. The molecule has 2 aliphatic rings. The molecule has 2 unspecified atom stereocenters. The summed E-state index contributed by atoms with van der Waals surface area (Å²) in [5, 5.41) is 7.22. The van der Waals surface area contributed by atoms with E-state index in [1.165, 1.54) is 0 Å². The van der Waals surface area contributed by atoms with Crippen LogP contribution in [-0.4, -0.2) is 76.8 Å². The van der Waals surface area contributed by atoms with Gasteiger partial charge in [-0.2, -0.15) is 4.98 Å². The van der Waals surface area contributed by atoms with Crippen LogP contribution in [0.15, 0.2) is 4.52 Å². The van der Waals surface area contributed by atoms with Crippen molar-refractivity contribution in [2.75, 3.05) is 44.9 Å². The predicted octanol–water partition coefficient (Wildman–Crippen LogP) is 1.32. The summed E-state index contributed by atoms with van der Waals surface area (Å²) in [6.07, 6.45) is 0.790. The van der Waals surface area contributed by atoms with Gasteiger partial charge in [-0.05, 0) is 13.3 Å². The van der Waals surface area contributed by atoms with Crippen LogP contribution in [0.5, 0.6) is 0 Å². The van der Waals surface area contributed by atoms with Gasteiger partial charge in [0, 0.05) is 44.9 Å². The molecule has 0 aliphatic carbocycles. The van der Waals surface area contributed by atoms with Crippen molar-refractivity contribution >= 4 is 42.5 Å². The molecule has 3 rings (SSSR count). The van der Waals surface area contributed by atoms with E-state index in [1.54, 1.807) is 18.9 Å². The Morgan fingerprint density at radius 3 is 2.88 bits per heavy atom. The van der Waals surface area contributed by atoms with Crippen LogP contribution in [0.2, 0.25) is 0 Å². The first-order chi connectivity index (χ1) is 11.7. The van der Waals surface area contributed by atoms with Crippen molar-refractivity contribution < 1.29 is 14.1 Å². The van der Waals surface area contributed by atoms with Gasteiger partial charge in [0.15, 0.2) is 5.82 Å². The number of methoxy groups -OCH3 is 1. The minimum Gasteiger partial charge on any atom is -0.374 e. The Labute approximate surface area is 170 Å². The highest BCUT2D eigenvalue weighted by atomic mass is 35.5. The molecule has 2 aliphatic heterocycles. The molecule has 3 heterocycles. The summed E-state index contributed by atoms with van der Waals surface area (Å²) in [6, 6.07) is -0.0180. The first-order valence-corrected chi connectivity index (χ1v) is 9.50. The highest BCUT2D eigenvalue weighted by Crippen LogP contribution is 2.15. The number of aromatic nitrogens is 2. The summed E-state index contributed by atoms with van der Waals surface area (Å²) in [5.41, 5.74) is 0. The van der Waals surface area contributed by atoms with Gasteiger partial charge < -0.3 is 14.2 Å². The van der Waals surface area contributed by atoms with Crippen molar-refractivity contribution in [2.24, 2.45) is 0 Å². The van der Waals surface area contributed by atoms with Crippen molar-refractivity contribution in [3.63, 3.8) is 0 Å². The van der Waals surface area contributed by atoms with Crippen molar-refractivity contribution in [3.8, 4) is 0 Å². The van der Waals surface area contributed by atoms with Gasteiger partial charge in [0.1, 0.15) is 6.10 Å². The lowest BCUT2D eigenvalue weighted by Gasteiger charge is -2.24. The Balaban J connectivity index is 0.00000169. The molecule has 0 spiro atoms. The summed E-state index contributed by atoms with van der Waals surface area (Å²) >= 11 is 1.78. The average molecular weight is 428 g/mol. The lowest BCUT2D eigenvalue weighted by atomic mass is 10.2. The van der Waals surface area contributed by atoms with E-state index in [0.717, 1.165) is 44.2 Å². The minimum atomic E-state index is -0.170. The Bertz CT molecular complexity index is 559. The zero-order valence-electron chi connectivity index (χ0n) is 15.0. The van der Waals surface area contributed by atoms with Crippen molar-refractivity contribution in [1.82, 2.24) is 25.3 Å². The van der Waals surface area contributed by atoms with Gasteiger partial charge in [0.25, 0.3) is 0 Å². The number of nitrogens with zero attached hydrogens (tertiary/aromatic N) is 4. The third-order valence-electron chi connectivity index (χ3n) is 4.47. The zero-order valence-corrected chi connectivity index (χ0v) is 17.5. The van der Waals surface area contributed by atoms with Crippen LogP contribution < -0.4 is 5.32 Å². The molecule has 1 N–H and O–H groups in total. The maximum Gasteiger partial charge on any atom is 0.240 e. The molecule has 2 atom stereocenters. The molecular formula is C15H27Cl2N5O3S. The second kappa shape index (κ2) is 11.3. The first kappa shape index (κ1) is 23.5. The molecular weight excluding hydrogens is 401 g/mol. The molecule has 150 valence electrons. The van der Waals surface area contributed by atoms with Gasteiger partial charge in [-0.15, -0.1) is 36.6 Å². The molecule has 26 heavy (non-hydrogen) atoms. The van der Waals surface area contributed by atoms with E-state index in [2.05, 4.69) is 20.4 Å². The molecule has 0 saturated carbocycles. The number of thioether (sulfide) groups is 1. The van der Waals surface area contributed by atoms with Crippen molar-refractivity contribution in [2.45, 2.75) is 32.0 Å². The van der Waals surface area contributed by atoms with E-state index in [1.807, 2.05) is 11.8 Å². The van der Waals surface area contributed by atoms with Crippen LogP contribution in [0.25, 0.3) is 0 Å². The molecule has 1 aromatic rings. The normalized spacial score (nSPS) is 22.2. The Hall–Kier alpha value is -0.580. The topological polar surface area (TPSA) is 83.7 Å². The summed E-state index contributed by atoms with van der Waals surface area (Å²) in [6.45, 7) is 5.81. The lowest BCUT2D eigenvalue weighted by molar-refractivity contribution is -0.132. The Morgan fingerprint density at radius 1 is 1.38 bits per heavy atom. The SMILES string of the molecule is COC(C)c1noc(CN2CCCN(C(=O)C3CSCN3)CC2)n1.Cl.Cl. The summed E-state index contributed by atoms with van der Waals surface area (Å²) < 4.78 is 10.5. The van der Waals surface area contributed by atoms with Crippen LogP contribution in [0.4, 0.5) is 0 Å². The second-order valence-electron chi connectivity index (χ2n) is 6.15. The molecule has 8 nitrogen and oxygen atoms in total. The van der Waals surface area contributed by atoms with Gasteiger partial charge >= 0.3 is 0 Å². The van der Waals surface area contributed by atoms with Crippen LogP contribution in [0.1, 0.15) is 31.2 Å². The molecule has 1 aromatic heterocycles. The third-order valence-corrected chi connectivity index (χ3v) is 5.41. The van der Waals surface area contributed by atoms with Crippen LogP contribution >= 0.6 is 36.6 Å². The molecule has 2 saturated heterocycles. The molecule has 2 fully saturated rings. The van der Waals surface area contributed by atoms with Crippen molar-refractivity contribution in [1.29, 1.82) is 0 Å². The van der Waals surface area contributed by atoms with Crippen LogP contribution in [0.3, 0.4) is 0 Å². The molecule has 0 aromatic carbocycles. The monoisotopic (exact) mass is 427 g/mol. The number of rotatable bonds is 5. The fourth-order valence-electron chi connectivity index (χ4n) is 2.92. The molecule has 11 heteroatoms. The van der Waals surface area contributed by atoms with E-state index in [0.29, 0.717) is 18.3 Å². The quantitative estimate of drug-likeness (QED) is 0.752. The molecule has 1 amide bonds. The highest BCUT2D eigenvalue weighted by Gasteiger charge is 2.28. The van der Waals surface area contributed by atoms with Gasteiger partial charge in [0.2, 0.25) is 11.8 Å². The van der Waals surface area contributed by atoms with Gasteiger partial charge in [-0.1, -0.05) is 5.16 Å². The van der Waals surface area contributed by atoms with E-state index in [-0.39, 0.29) is 42.9 Å². The predicted molar refractivity (Wildman–Crippen MR) is 105 cm³/mol. The van der Waals surface area contributed by atoms with Gasteiger partial charge in [-0.25, -0.2) is 0 Å². The number of carbonyl (C=O) groups excluding carboxylic acids is 1. The highest BCUT2D eigenvalue weighted by molar-refractivity contribution is 7.99. The summed E-state index contributed by atoms with van der Waals surface area (Å²) in [5.74, 6) is 3.15. The smallest absolute Gasteiger partial charge is 0.240 e. The number of hydrogen-bond acceptors (Lipinski definition) is 8. The van der Waals surface area contributed by atoms with Crippen molar-refractivity contribution in [3.05, 3.63) is 11.7 Å². The minimum absolute atomic E-state index is 0. The fraction of sp³-hybridized carbons (Fsp3) is 0.800. The molecule has 0 radical (unpaired) electrons. The zero-order chi connectivity index (χ0) is 16.9. The number of ether oxygens (including phenoxy) is 1. The Kier molecular flexibility index (Phi) is 10.2.